The Morgan fingerprint density at radius 1 is 0.750 bits per heavy atom. The number of aromatic nitrogens is 3. The molecule has 0 saturated carbocycles. The fourth-order valence-electron chi connectivity index (χ4n) is 3.83. The van der Waals surface area contributed by atoms with E-state index in [9.17, 15) is 8.42 Å². The van der Waals surface area contributed by atoms with E-state index >= 15 is 0 Å². The highest BCUT2D eigenvalue weighted by atomic mass is 32.2. The standard InChI is InChI=1S/C25H44N8O2S/c1-6-32(7-2)18-10-16-26-24-28-23(20-21-12-14-22(15-13-21)31-36(5,34)35)29-25(30-24)27-17-11-19-33(8-3)9-4/h12-15,31H,6-11,16-20H2,1-5H3,(H2,26,27,28,29,30). The van der Waals surface area contributed by atoms with E-state index in [1.807, 2.05) is 12.1 Å². The predicted octanol–water partition coefficient (Wildman–Crippen LogP) is 3.12. The molecule has 0 atom stereocenters. The normalized spacial score (nSPS) is 11.8. The molecule has 202 valence electrons. The molecule has 2 aromatic rings. The van der Waals surface area contributed by atoms with Crippen LogP contribution in [0.1, 0.15) is 51.9 Å². The zero-order valence-electron chi connectivity index (χ0n) is 22.5. The Morgan fingerprint density at radius 2 is 1.22 bits per heavy atom. The first kappa shape index (κ1) is 29.7. The van der Waals surface area contributed by atoms with E-state index in [2.05, 4.69) is 67.8 Å². The molecule has 0 radical (unpaired) electrons. The number of rotatable bonds is 18. The van der Waals surface area contributed by atoms with Crippen LogP contribution in [0, 0.1) is 0 Å². The highest BCUT2D eigenvalue weighted by Gasteiger charge is 2.09. The van der Waals surface area contributed by atoms with Crippen LogP contribution in [-0.2, 0) is 16.4 Å². The van der Waals surface area contributed by atoms with Gasteiger partial charge in [-0.1, -0.05) is 39.8 Å². The second-order valence-corrected chi connectivity index (χ2v) is 10.5. The Morgan fingerprint density at radius 3 is 1.64 bits per heavy atom. The van der Waals surface area contributed by atoms with Crippen molar-refractivity contribution < 1.29 is 8.42 Å². The number of sulfonamides is 1. The third-order valence-electron chi connectivity index (χ3n) is 5.96. The molecule has 0 amide bonds. The quantitative estimate of drug-likeness (QED) is 0.255. The number of nitrogens with zero attached hydrogens (tertiary/aromatic N) is 5. The monoisotopic (exact) mass is 520 g/mol. The Kier molecular flexibility index (Phi) is 12.9. The minimum atomic E-state index is -3.31. The number of hydrogen-bond donors (Lipinski definition) is 3. The van der Waals surface area contributed by atoms with Crippen LogP contribution in [0.5, 0.6) is 0 Å². The zero-order chi connectivity index (χ0) is 26.4. The Labute approximate surface area is 217 Å². The molecule has 3 N–H and O–H groups in total. The molecule has 36 heavy (non-hydrogen) atoms. The van der Waals surface area contributed by atoms with Crippen molar-refractivity contribution in [3.8, 4) is 0 Å². The van der Waals surface area contributed by atoms with Gasteiger partial charge >= 0.3 is 0 Å². The van der Waals surface area contributed by atoms with Crippen molar-refractivity contribution >= 4 is 27.6 Å². The summed E-state index contributed by atoms with van der Waals surface area (Å²) in [5.74, 6) is 1.80. The largest absolute Gasteiger partial charge is 0.354 e. The maximum absolute atomic E-state index is 11.5. The van der Waals surface area contributed by atoms with Crippen molar-refractivity contribution in [1.82, 2.24) is 24.8 Å². The second-order valence-electron chi connectivity index (χ2n) is 8.76. The second kappa shape index (κ2) is 15.6. The maximum Gasteiger partial charge on any atom is 0.229 e. The molecule has 0 aliphatic rings. The topological polar surface area (TPSA) is 115 Å². The zero-order valence-corrected chi connectivity index (χ0v) is 23.4. The number of benzene rings is 1. The summed E-state index contributed by atoms with van der Waals surface area (Å²) in [6.45, 7) is 16.5. The SMILES string of the molecule is CCN(CC)CCCNc1nc(Cc2ccc(NS(C)(=O)=O)cc2)nc(NCCCN(CC)CC)n1. The molecule has 0 unspecified atom stereocenters. The van der Waals surface area contributed by atoms with E-state index in [0.29, 0.717) is 29.8 Å². The van der Waals surface area contributed by atoms with Crippen LogP contribution in [0.2, 0.25) is 0 Å². The molecule has 0 spiro atoms. The molecule has 1 aromatic heterocycles. The molecule has 0 fully saturated rings. The fourth-order valence-corrected chi connectivity index (χ4v) is 4.39. The average Bonchev–Trinajstić information content (AvgIpc) is 2.84. The molecule has 10 nitrogen and oxygen atoms in total. The van der Waals surface area contributed by atoms with Crippen LogP contribution >= 0.6 is 0 Å². The van der Waals surface area contributed by atoms with Crippen molar-refractivity contribution in [2.75, 3.05) is 74.0 Å². The third kappa shape index (κ3) is 11.5. The van der Waals surface area contributed by atoms with Crippen LogP contribution in [0.3, 0.4) is 0 Å². The first-order chi connectivity index (χ1) is 17.3. The summed E-state index contributed by atoms with van der Waals surface area (Å²) in [6, 6.07) is 7.25. The first-order valence-corrected chi connectivity index (χ1v) is 14.9. The summed E-state index contributed by atoms with van der Waals surface area (Å²) in [7, 11) is -3.31. The van der Waals surface area contributed by atoms with Gasteiger partial charge in [0.1, 0.15) is 5.82 Å². The van der Waals surface area contributed by atoms with Gasteiger partial charge in [0.15, 0.2) is 0 Å². The van der Waals surface area contributed by atoms with E-state index in [4.69, 9.17) is 0 Å². The Bertz CT molecular complexity index is 955. The Balaban J connectivity index is 2.07. The van der Waals surface area contributed by atoms with Gasteiger partial charge in [-0.3, -0.25) is 4.72 Å². The molecule has 0 saturated heterocycles. The van der Waals surface area contributed by atoms with Crippen molar-refractivity contribution in [2.24, 2.45) is 0 Å². The summed E-state index contributed by atoms with van der Waals surface area (Å²) in [4.78, 5) is 18.7. The van der Waals surface area contributed by atoms with Gasteiger partial charge in [-0.15, -0.1) is 0 Å². The van der Waals surface area contributed by atoms with E-state index in [-0.39, 0.29) is 0 Å². The van der Waals surface area contributed by atoms with Crippen molar-refractivity contribution in [3.05, 3.63) is 35.7 Å². The van der Waals surface area contributed by atoms with E-state index in [1.54, 1.807) is 12.1 Å². The van der Waals surface area contributed by atoms with Crippen LogP contribution < -0.4 is 15.4 Å². The van der Waals surface area contributed by atoms with Crippen LogP contribution in [-0.4, -0.2) is 91.8 Å². The van der Waals surface area contributed by atoms with Crippen molar-refractivity contribution in [2.45, 2.75) is 47.0 Å². The molecule has 0 bridgehead atoms. The van der Waals surface area contributed by atoms with Crippen molar-refractivity contribution in [3.63, 3.8) is 0 Å². The minimum Gasteiger partial charge on any atom is -0.354 e. The number of nitrogens with one attached hydrogen (secondary N) is 3. The summed E-state index contributed by atoms with van der Waals surface area (Å²) in [5.41, 5.74) is 1.52. The van der Waals surface area contributed by atoms with E-state index in [1.165, 1.54) is 0 Å². The molecule has 1 aromatic carbocycles. The highest BCUT2D eigenvalue weighted by Crippen LogP contribution is 2.15. The molecule has 2 rings (SSSR count). The fraction of sp³-hybridized carbons (Fsp3) is 0.640. The molecular weight excluding hydrogens is 476 g/mol. The van der Waals surface area contributed by atoms with Gasteiger partial charge in [-0.05, 0) is 69.8 Å². The third-order valence-corrected chi connectivity index (χ3v) is 6.56. The van der Waals surface area contributed by atoms with Crippen LogP contribution in [0.25, 0.3) is 0 Å². The predicted molar refractivity (Wildman–Crippen MR) is 149 cm³/mol. The lowest BCUT2D eigenvalue weighted by Crippen LogP contribution is -2.26. The van der Waals surface area contributed by atoms with Crippen molar-refractivity contribution in [1.29, 1.82) is 0 Å². The lowest BCUT2D eigenvalue weighted by atomic mass is 10.1. The average molecular weight is 521 g/mol. The van der Waals surface area contributed by atoms with Gasteiger partial charge in [-0.25, -0.2) is 8.42 Å². The summed E-state index contributed by atoms with van der Waals surface area (Å²) in [5, 5.41) is 6.73. The van der Waals surface area contributed by atoms with E-state index < -0.39 is 10.0 Å². The Hall–Kier alpha value is -2.50. The first-order valence-electron chi connectivity index (χ1n) is 13.0. The smallest absolute Gasteiger partial charge is 0.229 e. The van der Waals surface area contributed by atoms with Gasteiger partial charge in [0.25, 0.3) is 0 Å². The van der Waals surface area contributed by atoms with Gasteiger partial charge in [0.2, 0.25) is 21.9 Å². The lowest BCUT2D eigenvalue weighted by Gasteiger charge is -2.18. The summed E-state index contributed by atoms with van der Waals surface area (Å²) >= 11 is 0. The molecular formula is C25H44N8O2S. The molecule has 0 aliphatic carbocycles. The number of anilines is 3. The van der Waals surface area contributed by atoms with Gasteiger partial charge < -0.3 is 20.4 Å². The molecule has 0 aliphatic heterocycles. The number of hydrogen-bond acceptors (Lipinski definition) is 9. The highest BCUT2D eigenvalue weighted by molar-refractivity contribution is 7.92. The van der Waals surface area contributed by atoms with Crippen LogP contribution in [0.15, 0.2) is 24.3 Å². The summed E-state index contributed by atoms with van der Waals surface area (Å²) in [6.07, 6.45) is 3.66. The molecule has 11 heteroatoms. The minimum absolute atomic E-state index is 0.518. The van der Waals surface area contributed by atoms with E-state index in [0.717, 1.165) is 77.0 Å². The van der Waals surface area contributed by atoms with Gasteiger partial charge in [-0.2, -0.15) is 15.0 Å². The lowest BCUT2D eigenvalue weighted by molar-refractivity contribution is 0.303. The molecule has 1 heterocycles. The maximum atomic E-state index is 11.5. The van der Waals surface area contributed by atoms with Crippen LogP contribution in [0.4, 0.5) is 17.6 Å². The van der Waals surface area contributed by atoms with Gasteiger partial charge in [0, 0.05) is 25.2 Å². The summed E-state index contributed by atoms with van der Waals surface area (Å²) < 4.78 is 25.4. The van der Waals surface area contributed by atoms with Gasteiger partial charge in [0.05, 0.1) is 6.26 Å².